The maximum absolute atomic E-state index is 11.9. The van der Waals surface area contributed by atoms with E-state index in [2.05, 4.69) is 9.98 Å². The van der Waals surface area contributed by atoms with Gasteiger partial charge in [0.15, 0.2) is 17.2 Å². The summed E-state index contributed by atoms with van der Waals surface area (Å²) in [4.78, 5) is 20.2. The molecule has 1 aromatic carbocycles. The lowest BCUT2D eigenvalue weighted by Crippen LogP contribution is -2.07. The van der Waals surface area contributed by atoms with Gasteiger partial charge in [-0.3, -0.25) is 4.98 Å². The topological polar surface area (TPSA) is 70.0 Å². The molecule has 1 aliphatic rings. The van der Waals surface area contributed by atoms with Crippen LogP contribution in [0.1, 0.15) is 11.1 Å². The number of esters is 1. The largest absolute Gasteiger partial charge is 0.493 e. The molecule has 1 aromatic heterocycles. The zero-order chi connectivity index (χ0) is 16.9. The molecule has 0 spiro atoms. The monoisotopic (exact) mass is 324 g/mol. The van der Waals surface area contributed by atoms with E-state index in [4.69, 9.17) is 14.2 Å². The number of ether oxygens (including phenoxy) is 3. The number of rotatable bonds is 5. The molecule has 0 N–H and O–H groups in total. The lowest BCUT2D eigenvalue weighted by molar-refractivity contribution is -0.130. The third-order valence-electron chi connectivity index (χ3n) is 3.46. The molecular formula is C18H16N2O4. The van der Waals surface area contributed by atoms with Gasteiger partial charge < -0.3 is 14.2 Å². The van der Waals surface area contributed by atoms with Crippen LogP contribution in [0.2, 0.25) is 0 Å². The van der Waals surface area contributed by atoms with Gasteiger partial charge in [0.2, 0.25) is 5.90 Å². The van der Waals surface area contributed by atoms with Crippen LogP contribution in [0.3, 0.4) is 0 Å². The standard InChI is InChI=1S/C18H16N2O4/c1-22-15-6-5-12(9-16(15)23-2)10-17-20-14(18(21)24-17)8-13-4-3-7-19-11-13/h3-9,11H,10H2,1-2H3/b14-8+. The van der Waals surface area contributed by atoms with Gasteiger partial charge in [0, 0.05) is 18.8 Å². The fraction of sp³-hybridized carbons (Fsp3) is 0.167. The van der Waals surface area contributed by atoms with Gasteiger partial charge in [0.05, 0.1) is 14.2 Å². The van der Waals surface area contributed by atoms with Crippen molar-refractivity contribution in [3.63, 3.8) is 0 Å². The van der Waals surface area contributed by atoms with E-state index < -0.39 is 5.97 Å². The summed E-state index contributed by atoms with van der Waals surface area (Å²) in [5.41, 5.74) is 1.96. The number of pyridine rings is 1. The molecule has 122 valence electrons. The summed E-state index contributed by atoms with van der Waals surface area (Å²) < 4.78 is 15.7. The molecular weight excluding hydrogens is 308 g/mol. The van der Waals surface area contributed by atoms with E-state index in [1.54, 1.807) is 44.8 Å². The van der Waals surface area contributed by atoms with Crippen molar-refractivity contribution in [2.45, 2.75) is 6.42 Å². The Labute approximate surface area is 139 Å². The first-order chi connectivity index (χ1) is 11.7. The van der Waals surface area contributed by atoms with Gasteiger partial charge >= 0.3 is 5.97 Å². The van der Waals surface area contributed by atoms with Gasteiger partial charge in [-0.15, -0.1) is 0 Å². The Morgan fingerprint density at radius 2 is 2.00 bits per heavy atom. The quantitative estimate of drug-likeness (QED) is 0.624. The Morgan fingerprint density at radius 3 is 2.71 bits per heavy atom. The summed E-state index contributed by atoms with van der Waals surface area (Å²) >= 11 is 0. The summed E-state index contributed by atoms with van der Waals surface area (Å²) in [6, 6.07) is 9.15. The van der Waals surface area contributed by atoms with Crippen molar-refractivity contribution in [1.29, 1.82) is 0 Å². The second-order valence-corrected chi connectivity index (χ2v) is 5.08. The average molecular weight is 324 g/mol. The van der Waals surface area contributed by atoms with Crippen LogP contribution < -0.4 is 9.47 Å². The molecule has 2 aromatic rings. The van der Waals surface area contributed by atoms with Crippen molar-refractivity contribution >= 4 is 17.9 Å². The van der Waals surface area contributed by atoms with Crippen LogP contribution in [-0.4, -0.2) is 31.1 Å². The second-order valence-electron chi connectivity index (χ2n) is 5.08. The molecule has 0 atom stereocenters. The number of aliphatic imine (C=N–C) groups is 1. The van der Waals surface area contributed by atoms with E-state index in [0.29, 0.717) is 23.8 Å². The van der Waals surface area contributed by atoms with Crippen LogP contribution in [-0.2, 0) is 16.0 Å². The molecule has 3 rings (SSSR count). The van der Waals surface area contributed by atoms with Crippen molar-refractivity contribution in [3.05, 3.63) is 59.5 Å². The molecule has 0 radical (unpaired) electrons. The van der Waals surface area contributed by atoms with Gasteiger partial charge in [0.25, 0.3) is 0 Å². The van der Waals surface area contributed by atoms with Gasteiger partial charge in [-0.1, -0.05) is 12.1 Å². The summed E-state index contributed by atoms with van der Waals surface area (Å²) in [7, 11) is 3.15. The predicted octanol–water partition coefficient (Wildman–Crippen LogP) is 2.64. The molecule has 0 fully saturated rings. The number of aromatic nitrogens is 1. The fourth-order valence-electron chi connectivity index (χ4n) is 2.31. The summed E-state index contributed by atoms with van der Waals surface area (Å²) in [6.07, 6.45) is 5.36. The van der Waals surface area contributed by atoms with E-state index in [1.807, 2.05) is 18.2 Å². The Balaban J connectivity index is 1.80. The lowest BCUT2D eigenvalue weighted by Gasteiger charge is -2.09. The molecule has 0 aliphatic carbocycles. The summed E-state index contributed by atoms with van der Waals surface area (Å²) in [5, 5.41) is 0. The molecule has 0 saturated heterocycles. The fourth-order valence-corrected chi connectivity index (χ4v) is 2.31. The highest BCUT2D eigenvalue weighted by Gasteiger charge is 2.23. The van der Waals surface area contributed by atoms with Crippen LogP contribution in [0.25, 0.3) is 6.08 Å². The minimum Gasteiger partial charge on any atom is -0.493 e. The number of carbonyl (C=O) groups is 1. The molecule has 0 amide bonds. The normalized spacial score (nSPS) is 15.2. The first-order valence-electron chi connectivity index (χ1n) is 7.32. The Hall–Kier alpha value is -3.15. The number of hydrogen-bond acceptors (Lipinski definition) is 6. The average Bonchev–Trinajstić information content (AvgIpc) is 2.94. The molecule has 0 saturated carbocycles. The van der Waals surface area contributed by atoms with Crippen molar-refractivity contribution in [2.24, 2.45) is 4.99 Å². The molecule has 0 bridgehead atoms. The zero-order valence-corrected chi connectivity index (χ0v) is 13.4. The highest BCUT2D eigenvalue weighted by atomic mass is 16.6. The third-order valence-corrected chi connectivity index (χ3v) is 3.46. The van der Waals surface area contributed by atoms with E-state index in [0.717, 1.165) is 11.1 Å². The van der Waals surface area contributed by atoms with Crippen molar-refractivity contribution in [2.75, 3.05) is 14.2 Å². The van der Waals surface area contributed by atoms with Crippen LogP contribution in [0.5, 0.6) is 11.5 Å². The Morgan fingerprint density at radius 1 is 1.17 bits per heavy atom. The van der Waals surface area contributed by atoms with Crippen LogP contribution in [0, 0.1) is 0 Å². The van der Waals surface area contributed by atoms with Crippen molar-refractivity contribution < 1.29 is 19.0 Å². The first-order valence-corrected chi connectivity index (χ1v) is 7.32. The van der Waals surface area contributed by atoms with Crippen LogP contribution >= 0.6 is 0 Å². The number of methoxy groups -OCH3 is 2. The molecule has 1 aliphatic heterocycles. The predicted molar refractivity (Wildman–Crippen MR) is 89.0 cm³/mol. The summed E-state index contributed by atoms with van der Waals surface area (Å²) in [6.45, 7) is 0. The minimum absolute atomic E-state index is 0.262. The highest BCUT2D eigenvalue weighted by molar-refractivity contribution is 6.07. The van der Waals surface area contributed by atoms with E-state index >= 15 is 0 Å². The molecule has 0 unspecified atom stereocenters. The van der Waals surface area contributed by atoms with E-state index in [1.165, 1.54) is 0 Å². The Kier molecular flexibility index (Phi) is 4.56. The van der Waals surface area contributed by atoms with Crippen LogP contribution in [0.4, 0.5) is 0 Å². The summed E-state index contributed by atoms with van der Waals surface area (Å²) in [5.74, 6) is 1.14. The molecule has 2 heterocycles. The maximum Gasteiger partial charge on any atom is 0.363 e. The van der Waals surface area contributed by atoms with Gasteiger partial charge in [-0.05, 0) is 35.4 Å². The third kappa shape index (κ3) is 3.43. The first kappa shape index (κ1) is 15.7. The number of nitrogens with zero attached hydrogens (tertiary/aromatic N) is 2. The van der Waals surface area contributed by atoms with Crippen molar-refractivity contribution in [3.8, 4) is 11.5 Å². The minimum atomic E-state index is -0.464. The number of cyclic esters (lactones) is 1. The smallest absolute Gasteiger partial charge is 0.363 e. The van der Waals surface area contributed by atoms with Crippen LogP contribution in [0.15, 0.2) is 53.4 Å². The Bertz CT molecular complexity index is 813. The zero-order valence-electron chi connectivity index (χ0n) is 13.4. The maximum atomic E-state index is 11.9. The number of hydrogen-bond donors (Lipinski definition) is 0. The van der Waals surface area contributed by atoms with Gasteiger partial charge in [0.1, 0.15) is 0 Å². The number of benzene rings is 1. The SMILES string of the molecule is COc1ccc(CC2=N/C(=C/c3cccnc3)C(=O)O2)cc1OC. The van der Waals surface area contributed by atoms with Gasteiger partial charge in [-0.25, -0.2) is 9.79 Å². The highest BCUT2D eigenvalue weighted by Crippen LogP contribution is 2.28. The van der Waals surface area contributed by atoms with E-state index in [-0.39, 0.29) is 5.70 Å². The molecule has 6 nitrogen and oxygen atoms in total. The van der Waals surface area contributed by atoms with Crippen molar-refractivity contribution in [1.82, 2.24) is 4.98 Å². The second kappa shape index (κ2) is 6.95. The molecule has 24 heavy (non-hydrogen) atoms. The number of carbonyl (C=O) groups excluding carboxylic acids is 1. The van der Waals surface area contributed by atoms with E-state index in [9.17, 15) is 4.79 Å². The van der Waals surface area contributed by atoms with Gasteiger partial charge in [-0.2, -0.15) is 0 Å². The lowest BCUT2D eigenvalue weighted by atomic mass is 10.1. The molecule has 6 heteroatoms.